The molecular formula is C17H16. The van der Waals surface area contributed by atoms with Gasteiger partial charge >= 0.3 is 0 Å². The zero-order valence-corrected chi connectivity index (χ0v) is 10.2. The Hall–Kier alpha value is -2.00. The highest BCUT2D eigenvalue weighted by atomic mass is 14.1. The predicted octanol–water partition coefficient (Wildman–Crippen LogP) is 4.04. The second-order valence-electron chi connectivity index (χ2n) is 4.05. The summed E-state index contributed by atoms with van der Waals surface area (Å²) in [5.74, 6) is 6.46. The standard InChI is InChI=1S/C17H16/c1-3-7-15-12-13-17-9-6-5-8-16(17)11-10-14(15)4-2/h3-9H,2,12-13H2,1H3/b7-3-,15-14-. The van der Waals surface area contributed by atoms with Crippen LogP contribution in [0.25, 0.3) is 0 Å². The molecule has 0 bridgehead atoms. The summed E-state index contributed by atoms with van der Waals surface area (Å²) in [5.41, 5.74) is 4.82. The third kappa shape index (κ3) is 2.57. The largest absolute Gasteiger partial charge is 0.0978 e. The second-order valence-corrected chi connectivity index (χ2v) is 4.05. The maximum atomic E-state index is 3.85. The van der Waals surface area contributed by atoms with E-state index < -0.39 is 0 Å². The minimum Gasteiger partial charge on any atom is -0.0978 e. The van der Waals surface area contributed by atoms with Gasteiger partial charge in [0.05, 0.1) is 0 Å². The summed E-state index contributed by atoms with van der Waals surface area (Å²) in [6.07, 6.45) is 8.13. The van der Waals surface area contributed by atoms with Crippen LogP contribution in [0.5, 0.6) is 0 Å². The molecule has 0 aliphatic heterocycles. The summed E-state index contributed by atoms with van der Waals surface area (Å²) < 4.78 is 0. The molecule has 0 saturated heterocycles. The number of hydrogen-bond donors (Lipinski definition) is 0. The first-order valence-corrected chi connectivity index (χ1v) is 5.93. The molecule has 1 aliphatic carbocycles. The fourth-order valence-electron chi connectivity index (χ4n) is 2.04. The van der Waals surface area contributed by atoms with Gasteiger partial charge in [-0.05, 0) is 37.0 Å². The molecule has 0 heterocycles. The Morgan fingerprint density at radius 1 is 1.18 bits per heavy atom. The Balaban J connectivity index is 2.49. The van der Waals surface area contributed by atoms with Crippen LogP contribution in [0.2, 0.25) is 0 Å². The van der Waals surface area contributed by atoms with Crippen LogP contribution in [0.4, 0.5) is 0 Å². The van der Waals surface area contributed by atoms with Gasteiger partial charge in [0.25, 0.3) is 0 Å². The van der Waals surface area contributed by atoms with E-state index in [4.69, 9.17) is 0 Å². The van der Waals surface area contributed by atoms with Crippen molar-refractivity contribution >= 4 is 0 Å². The van der Waals surface area contributed by atoms with Crippen LogP contribution in [0, 0.1) is 11.8 Å². The Kier molecular flexibility index (Phi) is 3.62. The minimum absolute atomic E-state index is 1.03. The average molecular weight is 220 g/mol. The molecule has 2 rings (SSSR count). The van der Waals surface area contributed by atoms with E-state index in [1.807, 2.05) is 19.1 Å². The van der Waals surface area contributed by atoms with Gasteiger partial charge in [-0.15, -0.1) is 0 Å². The number of rotatable bonds is 2. The van der Waals surface area contributed by atoms with E-state index in [0.29, 0.717) is 0 Å². The highest BCUT2D eigenvalue weighted by Gasteiger charge is 2.06. The monoisotopic (exact) mass is 220 g/mol. The molecule has 1 aromatic rings. The van der Waals surface area contributed by atoms with Crippen molar-refractivity contribution in [2.24, 2.45) is 0 Å². The van der Waals surface area contributed by atoms with Gasteiger partial charge in [-0.3, -0.25) is 0 Å². The molecule has 0 fully saturated rings. The fraction of sp³-hybridized carbons (Fsp3) is 0.176. The molecule has 0 saturated carbocycles. The zero-order valence-electron chi connectivity index (χ0n) is 10.2. The molecule has 0 aromatic heterocycles. The van der Waals surface area contributed by atoms with Crippen LogP contribution < -0.4 is 0 Å². The van der Waals surface area contributed by atoms with Crippen molar-refractivity contribution in [1.82, 2.24) is 0 Å². The molecule has 1 aliphatic rings. The number of benzene rings is 1. The van der Waals surface area contributed by atoms with E-state index in [2.05, 4.69) is 48.8 Å². The molecule has 0 heteroatoms. The van der Waals surface area contributed by atoms with Crippen molar-refractivity contribution < 1.29 is 0 Å². The van der Waals surface area contributed by atoms with Crippen LogP contribution >= 0.6 is 0 Å². The van der Waals surface area contributed by atoms with E-state index in [9.17, 15) is 0 Å². The Bertz CT molecular complexity index is 545. The van der Waals surface area contributed by atoms with E-state index in [1.165, 1.54) is 11.1 Å². The van der Waals surface area contributed by atoms with Crippen molar-refractivity contribution in [1.29, 1.82) is 0 Å². The zero-order chi connectivity index (χ0) is 12.1. The topological polar surface area (TPSA) is 0 Å². The van der Waals surface area contributed by atoms with E-state index in [1.54, 1.807) is 0 Å². The van der Waals surface area contributed by atoms with Crippen molar-refractivity contribution in [2.45, 2.75) is 19.8 Å². The van der Waals surface area contributed by atoms with Gasteiger partial charge in [0.15, 0.2) is 0 Å². The summed E-state index contributed by atoms with van der Waals surface area (Å²) in [5, 5.41) is 0. The van der Waals surface area contributed by atoms with Gasteiger partial charge in [0.1, 0.15) is 0 Å². The van der Waals surface area contributed by atoms with Crippen molar-refractivity contribution in [3.63, 3.8) is 0 Å². The maximum absolute atomic E-state index is 3.85. The molecule has 17 heavy (non-hydrogen) atoms. The maximum Gasteiger partial charge on any atom is 0.0281 e. The average Bonchev–Trinajstić information content (AvgIpc) is 2.34. The molecule has 0 unspecified atom stereocenters. The summed E-state index contributed by atoms with van der Waals surface area (Å²) in [7, 11) is 0. The van der Waals surface area contributed by atoms with Gasteiger partial charge in [-0.25, -0.2) is 0 Å². The third-order valence-electron chi connectivity index (χ3n) is 2.93. The SMILES string of the molecule is C=C/C1=C(\C=C/C)CCc2ccccc2C#C1. The van der Waals surface area contributed by atoms with E-state index in [-0.39, 0.29) is 0 Å². The van der Waals surface area contributed by atoms with Gasteiger partial charge in [-0.2, -0.15) is 0 Å². The lowest BCUT2D eigenvalue weighted by atomic mass is 9.94. The third-order valence-corrected chi connectivity index (χ3v) is 2.93. The van der Waals surface area contributed by atoms with Crippen LogP contribution in [-0.4, -0.2) is 0 Å². The summed E-state index contributed by atoms with van der Waals surface area (Å²) >= 11 is 0. The number of allylic oxidation sites excluding steroid dienone is 5. The van der Waals surface area contributed by atoms with Gasteiger partial charge in [0, 0.05) is 11.1 Å². The van der Waals surface area contributed by atoms with Crippen LogP contribution in [0.1, 0.15) is 24.5 Å². The lowest BCUT2D eigenvalue weighted by molar-refractivity contribution is 0.954. The highest BCUT2D eigenvalue weighted by molar-refractivity contribution is 5.53. The molecule has 0 nitrogen and oxygen atoms in total. The van der Waals surface area contributed by atoms with Crippen molar-refractivity contribution in [3.8, 4) is 11.8 Å². The summed E-state index contributed by atoms with van der Waals surface area (Å²) in [4.78, 5) is 0. The molecule has 0 N–H and O–H groups in total. The number of fused-ring (bicyclic) bond motifs is 1. The first kappa shape index (κ1) is 11.5. The predicted molar refractivity (Wildman–Crippen MR) is 73.7 cm³/mol. The van der Waals surface area contributed by atoms with Crippen LogP contribution in [0.15, 0.2) is 60.2 Å². The fourth-order valence-corrected chi connectivity index (χ4v) is 2.04. The Labute approximate surface area is 103 Å². The molecule has 0 amide bonds. The Morgan fingerprint density at radius 3 is 2.76 bits per heavy atom. The summed E-state index contributed by atoms with van der Waals surface area (Å²) in [6, 6.07) is 8.37. The van der Waals surface area contributed by atoms with Crippen molar-refractivity contribution in [3.05, 3.63) is 71.3 Å². The lowest BCUT2D eigenvalue weighted by Gasteiger charge is -2.10. The molecule has 0 spiro atoms. The number of aryl methyl sites for hydroxylation is 1. The molecule has 0 radical (unpaired) electrons. The Morgan fingerprint density at radius 2 is 2.00 bits per heavy atom. The second kappa shape index (κ2) is 5.37. The van der Waals surface area contributed by atoms with Gasteiger partial charge in [0.2, 0.25) is 0 Å². The normalized spacial score (nSPS) is 18.9. The molecule has 1 aromatic carbocycles. The van der Waals surface area contributed by atoms with E-state index in [0.717, 1.165) is 24.0 Å². The van der Waals surface area contributed by atoms with Crippen LogP contribution in [-0.2, 0) is 6.42 Å². The quantitative estimate of drug-likeness (QED) is 0.660. The number of hydrogen-bond acceptors (Lipinski definition) is 0. The van der Waals surface area contributed by atoms with Gasteiger partial charge in [-0.1, -0.05) is 54.8 Å². The van der Waals surface area contributed by atoms with Crippen LogP contribution in [0.3, 0.4) is 0 Å². The highest BCUT2D eigenvalue weighted by Crippen LogP contribution is 2.20. The molecular weight excluding hydrogens is 204 g/mol. The lowest BCUT2D eigenvalue weighted by Crippen LogP contribution is -1.96. The van der Waals surface area contributed by atoms with Crippen molar-refractivity contribution in [2.75, 3.05) is 0 Å². The molecule has 84 valence electrons. The minimum atomic E-state index is 1.03. The smallest absolute Gasteiger partial charge is 0.0281 e. The first-order chi connectivity index (χ1) is 8.35. The first-order valence-electron chi connectivity index (χ1n) is 5.93. The molecule has 0 atom stereocenters. The van der Waals surface area contributed by atoms with E-state index >= 15 is 0 Å². The van der Waals surface area contributed by atoms with Gasteiger partial charge < -0.3 is 0 Å². The summed E-state index contributed by atoms with van der Waals surface area (Å²) in [6.45, 7) is 5.89.